The second kappa shape index (κ2) is 3.27. The minimum atomic E-state index is -0.998. The third-order valence-corrected chi connectivity index (χ3v) is 2.31. The Morgan fingerprint density at radius 3 is 2.87 bits per heavy atom. The summed E-state index contributed by atoms with van der Waals surface area (Å²) >= 11 is 0. The normalized spacial score (nSPS) is 10.7. The summed E-state index contributed by atoms with van der Waals surface area (Å²) in [5.41, 5.74) is 0.609. The minimum Gasteiger partial charge on any atom is -0.478 e. The maximum absolute atomic E-state index is 11.6. The number of aryl methyl sites for hydroxylation is 1. The van der Waals surface area contributed by atoms with Gasteiger partial charge in [-0.3, -0.25) is 14.6 Å². The molecule has 0 spiro atoms. The van der Waals surface area contributed by atoms with Crippen LogP contribution in [-0.4, -0.2) is 20.9 Å². The first-order valence-electron chi connectivity index (χ1n) is 4.59. The summed E-state index contributed by atoms with van der Waals surface area (Å²) < 4.78 is 1.44. The van der Waals surface area contributed by atoms with Gasteiger partial charge in [0.1, 0.15) is 0 Å². The Balaban J connectivity index is 2.73. The van der Waals surface area contributed by atoms with Crippen molar-refractivity contribution in [3.8, 4) is 0 Å². The van der Waals surface area contributed by atoms with Crippen LogP contribution >= 0.6 is 0 Å². The predicted molar refractivity (Wildman–Crippen MR) is 55.2 cm³/mol. The lowest BCUT2D eigenvalue weighted by atomic mass is 10.2. The minimum absolute atomic E-state index is 0.121. The lowest BCUT2D eigenvalue weighted by molar-refractivity contribution is 0.0697. The molecule has 0 aliphatic heterocycles. The number of benzene rings is 1. The molecule has 0 fully saturated rings. The highest BCUT2D eigenvalue weighted by Crippen LogP contribution is 2.10. The van der Waals surface area contributed by atoms with Gasteiger partial charge in [-0.15, -0.1) is 0 Å². The Labute approximate surface area is 84.9 Å². The van der Waals surface area contributed by atoms with Gasteiger partial charge in [0.15, 0.2) is 0 Å². The number of nitrogens with one attached hydrogen (secondary N) is 1. The monoisotopic (exact) mass is 206 g/mol. The fourth-order valence-corrected chi connectivity index (χ4v) is 1.52. The van der Waals surface area contributed by atoms with E-state index in [2.05, 4.69) is 5.10 Å². The van der Waals surface area contributed by atoms with E-state index in [1.54, 1.807) is 0 Å². The molecule has 0 bridgehead atoms. The van der Waals surface area contributed by atoms with Crippen LogP contribution in [0.15, 0.2) is 23.0 Å². The average Bonchev–Trinajstić information content (AvgIpc) is 2.55. The molecule has 15 heavy (non-hydrogen) atoms. The van der Waals surface area contributed by atoms with Gasteiger partial charge >= 0.3 is 5.97 Å². The number of hydrogen-bond donors (Lipinski definition) is 2. The third-order valence-electron chi connectivity index (χ3n) is 2.31. The Hall–Kier alpha value is -2.04. The van der Waals surface area contributed by atoms with Crippen LogP contribution in [-0.2, 0) is 6.54 Å². The standard InChI is InChI=1S/C10H10N2O3/c1-2-12-9(13)7-4-3-6(10(14)15)5-8(7)11-12/h3-5,11H,2H2,1H3,(H,14,15). The summed E-state index contributed by atoms with van der Waals surface area (Å²) in [6, 6.07) is 4.43. The largest absolute Gasteiger partial charge is 0.478 e. The van der Waals surface area contributed by atoms with E-state index >= 15 is 0 Å². The number of fused-ring (bicyclic) bond motifs is 1. The van der Waals surface area contributed by atoms with Crippen molar-refractivity contribution in [1.29, 1.82) is 0 Å². The number of aromatic amines is 1. The number of carbonyl (C=O) groups is 1. The first-order chi connectivity index (χ1) is 7.13. The predicted octanol–water partition coefficient (Wildman–Crippen LogP) is 1.05. The Morgan fingerprint density at radius 1 is 1.53 bits per heavy atom. The first kappa shape index (κ1) is 9.51. The van der Waals surface area contributed by atoms with Crippen LogP contribution in [0.1, 0.15) is 17.3 Å². The second-order valence-corrected chi connectivity index (χ2v) is 3.23. The molecule has 0 amide bonds. The smallest absolute Gasteiger partial charge is 0.335 e. The van der Waals surface area contributed by atoms with Crippen molar-refractivity contribution in [1.82, 2.24) is 9.78 Å². The van der Waals surface area contributed by atoms with E-state index in [9.17, 15) is 9.59 Å². The van der Waals surface area contributed by atoms with Crippen molar-refractivity contribution < 1.29 is 9.90 Å². The molecular weight excluding hydrogens is 196 g/mol. The topological polar surface area (TPSA) is 75.1 Å². The van der Waals surface area contributed by atoms with Crippen molar-refractivity contribution in [2.75, 3.05) is 0 Å². The highest BCUT2D eigenvalue weighted by Gasteiger charge is 2.08. The molecule has 1 heterocycles. The van der Waals surface area contributed by atoms with Crippen molar-refractivity contribution in [3.05, 3.63) is 34.1 Å². The first-order valence-corrected chi connectivity index (χ1v) is 4.59. The molecule has 0 aliphatic carbocycles. The third kappa shape index (κ3) is 1.41. The molecule has 5 heteroatoms. The van der Waals surface area contributed by atoms with Gasteiger partial charge in [-0.25, -0.2) is 4.79 Å². The molecule has 0 saturated carbocycles. The molecule has 0 aliphatic rings. The Kier molecular flexibility index (Phi) is 2.07. The number of hydrogen-bond acceptors (Lipinski definition) is 2. The summed E-state index contributed by atoms with van der Waals surface area (Å²) in [4.78, 5) is 22.3. The molecule has 2 N–H and O–H groups in total. The SMILES string of the molecule is CCn1[nH]c2cc(C(=O)O)ccc2c1=O. The Morgan fingerprint density at radius 2 is 2.27 bits per heavy atom. The number of H-pyrrole nitrogens is 1. The van der Waals surface area contributed by atoms with Gasteiger partial charge in [0, 0.05) is 6.54 Å². The van der Waals surface area contributed by atoms with Crippen LogP contribution in [0.5, 0.6) is 0 Å². The molecule has 2 rings (SSSR count). The van der Waals surface area contributed by atoms with Crippen molar-refractivity contribution in [2.45, 2.75) is 13.5 Å². The molecule has 0 atom stereocenters. The summed E-state index contributed by atoms with van der Waals surface area (Å²) in [5.74, 6) is -0.998. The fourth-order valence-electron chi connectivity index (χ4n) is 1.52. The second-order valence-electron chi connectivity index (χ2n) is 3.23. The van der Waals surface area contributed by atoms with Gasteiger partial charge in [0.2, 0.25) is 0 Å². The van der Waals surface area contributed by atoms with Gasteiger partial charge in [0.25, 0.3) is 5.56 Å². The average molecular weight is 206 g/mol. The number of nitrogens with zero attached hydrogens (tertiary/aromatic N) is 1. The van der Waals surface area contributed by atoms with E-state index < -0.39 is 5.97 Å². The van der Waals surface area contributed by atoms with E-state index in [4.69, 9.17) is 5.11 Å². The summed E-state index contributed by atoms with van der Waals surface area (Å²) in [6.07, 6.45) is 0. The molecule has 1 aromatic heterocycles. The van der Waals surface area contributed by atoms with E-state index in [1.807, 2.05) is 6.92 Å². The van der Waals surface area contributed by atoms with Crippen molar-refractivity contribution in [3.63, 3.8) is 0 Å². The summed E-state index contributed by atoms with van der Waals surface area (Å²) in [7, 11) is 0. The van der Waals surface area contributed by atoms with Gasteiger partial charge in [-0.2, -0.15) is 0 Å². The zero-order chi connectivity index (χ0) is 11.0. The van der Waals surface area contributed by atoms with Gasteiger partial charge in [-0.1, -0.05) is 0 Å². The molecule has 5 nitrogen and oxygen atoms in total. The van der Waals surface area contributed by atoms with Crippen LogP contribution < -0.4 is 5.56 Å². The van der Waals surface area contributed by atoms with Gasteiger partial charge in [0.05, 0.1) is 16.5 Å². The number of carboxylic acids is 1. The molecule has 0 radical (unpaired) electrons. The maximum Gasteiger partial charge on any atom is 0.335 e. The Bertz CT molecular complexity index is 580. The van der Waals surface area contributed by atoms with Gasteiger partial charge < -0.3 is 5.11 Å². The van der Waals surface area contributed by atoms with Crippen LogP contribution in [0.2, 0.25) is 0 Å². The lowest BCUT2D eigenvalue weighted by Gasteiger charge is -1.93. The molecule has 78 valence electrons. The van der Waals surface area contributed by atoms with Gasteiger partial charge in [-0.05, 0) is 25.1 Å². The zero-order valence-electron chi connectivity index (χ0n) is 8.15. The van der Waals surface area contributed by atoms with E-state index in [0.717, 1.165) is 0 Å². The number of rotatable bonds is 2. The quantitative estimate of drug-likeness (QED) is 0.771. The maximum atomic E-state index is 11.6. The highest BCUT2D eigenvalue weighted by molar-refractivity contribution is 5.92. The molecular formula is C10H10N2O3. The lowest BCUT2D eigenvalue weighted by Crippen LogP contribution is -2.14. The number of aromatic carboxylic acids is 1. The van der Waals surface area contributed by atoms with Crippen molar-refractivity contribution in [2.24, 2.45) is 0 Å². The van der Waals surface area contributed by atoms with Crippen molar-refractivity contribution >= 4 is 16.9 Å². The molecule has 1 aromatic carbocycles. The van der Waals surface area contributed by atoms with Crippen LogP contribution in [0, 0.1) is 0 Å². The van der Waals surface area contributed by atoms with Crippen LogP contribution in [0.25, 0.3) is 10.9 Å². The van der Waals surface area contributed by atoms with E-state index in [-0.39, 0.29) is 11.1 Å². The number of carboxylic acid groups (broad SMARTS) is 1. The molecule has 2 aromatic rings. The van der Waals surface area contributed by atoms with E-state index in [1.165, 1.54) is 22.9 Å². The number of aromatic nitrogens is 2. The fraction of sp³-hybridized carbons (Fsp3) is 0.200. The zero-order valence-corrected chi connectivity index (χ0v) is 8.15. The molecule has 0 saturated heterocycles. The summed E-state index contributed by atoms with van der Waals surface area (Å²) in [6.45, 7) is 2.38. The van der Waals surface area contributed by atoms with E-state index in [0.29, 0.717) is 17.4 Å². The van der Waals surface area contributed by atoms with Crippen LogP contribution in [0.4, 0.5) is 0 Å². The molecule has 0 unspecified atom stereocenters. The van der Waals surface area contributed by atoms with Crippen LogP contribution in [0.3, 0.4) is 0 Å². The highest BCUT2D eigenvalue weighted by atomic mass is 16.4. The summed E-state index contributed by atoms with van der Waals surface area (Å²) in [5, 5.41) is 12.1.